The van der Waals surface area contributed by atoms with Crippen LogP contribution in [-0.2, 0) is 0 Å². The van der Waals surface area contributed by atoms with E-state index in [1.807, 2.05) is 13.0 Å². The maximum atomic E-state index is 11.9. The third-order valence-electron chi connectivity index (χ3n) is 2.65. The minimum Gasteiger partial charge on any atom is -0.365 e. The van der Waals surface area contributed by atoms with Gasteiger partial charge < -0.3 is 9.88 Å². The Hall–Kier alpha value is -1.58. The monoisotopic (exact) mass is 219 g/mol. The van der Waals surface area contributed by atoms with Crippen LogP contribution in [0.2, 0.25) is 0 Å². The van der Waals surface area contributed by atoms with E-state index in [9.17, 15) is 4.79 Å². The molecule has 1 aliphatic carbocycles. The minimum absolute atomic E-state index is 0.00507. The molecular weight excluding hydrogens is 202 g/mol. The van der Waals surface area contributed by atoms with E-state index in [0.29, 0.717) is 11.9 Å². The summed E-state index contributed by atoms with van der Waals surface area (Å²) in [5.41, 5.74) is 0.00507. The fraction of sp³-hybridized carbons (Fsp3) is 0.500. The Kier molecular flexibility index (Phi) is 3.39. The zero-order chi connectivity index (χ0) is 11.4. The summed E-state index contributed by atoms with van der Waals surface area (Å²) in [6.45, 7) is 2.74. The molecule has 0 aromatic carbocycles. The van der Waals surface area contributed by atoms with Crippen LogP contribution in [-0.4, -0.2) is 16.1 Å². The van der Waals surface area contributed by atoms with E-state index in [1.165, 1.54) is 0 Å². The molecule has 0 amide bonds. The Labute approximate surface area is 95.0 Å². The highest BCUT2D eigenvalue weighted by atomic mass is 16.1. The molecule has 1 saturated carbocycles. The summed E-state index contributed by atoms with van der Waals surface area (Å²) in [6.07, 6.45) is 10.7. The molecule has 2 rings (SSSR count). The maximum Gasteiger partial charge on any atom is 0.293 e. The number of aromatic nitrogens is 2. The summed E-state index contributed by atoms with van der Waals surface area (Å²) >= 11 is 0. The fourth-order valence-electron chi connectivity index (χ4n) is 1.63. The number of hydrogen-bond acceptors (Lipinski definition) is 3. The fourth-order valence-corrected chi connectivity index (χ4v) is 1.63. The molecule has 1 N–H and O–H groups in total. The lowest BCUT2D eigenvalue weighted by molar-refractivity contribution is 0.699. The van der Waals surface area contributed by atoms with Gasteiger partial charge in [-0.2, -0.15) is 0 Å². The Morgan fingerprint density at radius 3 is 3.12 bits per heavy atom. The maximum absolute atomic E-state index is 11.9. The van der Waals surface area contributed by atoms with Crippen molar-refractivity contribution in [2.45, 2.75) is 32.2 Å². The highest BCUT2D eigenvalue weighted by Crippen LogP contribution is 2.33. The van der Waals surface area contributed by atoms with Gasteiger partial charge in [-0.25, -0.2) is 4.98 Å². The first-order chi connectivity index (χ1) is 7.83. The molecule has 4 heteroatoms. The van der Waals surface area contributed by atoms with Gasteiger partial charge in [0.2, 0.25) is 0 Å². The molecule has 0 aliphatic heterocycles. The first-order valence-electron chi connectivity index (χ1n) is 5.75. The smallest absolute Gasteiger partial charge is 0.293 e. The molecule has 0 spiro atoms. The lowest BCUT2D eigenvalue weighted by Crippen LogP contribution is -2.23. The zero-order valence-corrected chi connectivity index (χ0v) is 9.52. The van der Waals surface area contributed by atoms with E-state index in [2.05, 4.69) is 16.4 Å². The molecule has 4 nitrogen and oxygen atoms in total. The summed E-state index contributed by atoms with van der Waals surface area (Å²) in [6, 6.07) is 0.409. The third kappa shape index (κ3) is 2.51. The highest BCUT2D eigenvalue weighted by molar-refractivity contribution is 5.31. The van der Waals surface area contributed by atoms with Gasteiger partial charge in [0.25, 0.3) is 5.56 Å². The van der Waals surface area contributed by atoms with E-state index >= 15 is 0 Å². The van der Waals surface area contributed by atoms with Gasteiger partial charge in [-0.1, -0.05) is 12.2 Å². The predicted octanol–water partition coefficient (Wildman–Crippen LogP) is 1.96. The highest BCUT2D eigenvalue weighted by Gasteiger charge is 2.25. The molecule has 0 unspecified atom stereocenters. The molecule has 16 heavy (non-hydrogen) atoms. The molecule has 1 fully saturated rings. The van der Waals surface area contributed by atoms with Crippen molar-refractivity contribution in [3.63, 3.8) is 0 Å². The lowest BCUT2D eigenvalue weighted by Gasteiger charge is -2.06. The molecule has 1 heterocycles. The molecule has 1 aliphatic rings. The molecular formula is C12H17N3O. The average Bonchev–Trinajstić information content (AvgIpc) is 3.10. The third-order valence-corrected chi connectivity index (χ3v) is 2.65. The Balaban J connectivity index is 2.03. The van der Waals surface area contributed by atoms with E-state index in [0.717, 1.165) is 25.8 Å². The normalized spacial score (nSPS) is 15.6. The molecule has 1 aromatic rings. The van der Waals surface area contributed by atoms with Crippen LogP contribution in [0.25, 0.3) is 0 Å². The standard InChI is InChI=1S/C12H17N3O/c1-2-3-4-7-13-11-12(16)15(9-8-14-11)10-5-6-10/h2-3,8-10H,4-7H2,1H3,(H,13,14)/b3-2+. The van der Waals surface area contributed by atoms with E-state index < -0.39 is 0 Å². The van der Waals surface area contributed by atoms with Gasteiger partial charge in [0, 0.05) is 25.0 Å². The lowest BCUT2D eigenvalue weighted by atomic mass is 10.4. The first-order valence-corrected chi connectivity index (χ1v) is 5.75. The molecule has 0 bridgehead atoms. The van der Waals surface area contributed by atoms with Crippen LogP contribution in [0.1, 0.15) is 32.2 Å². The quantitative estimate of drug-likeness (QED) is 0.608. The molecule has 86 valence electrons. The van der Waals surface area contributed by atoms with Crippen LogP contribution in [0.3, 0.4) is 0 Å². The van der Waals surface area contributed by atoms with Crippen molar-refractivity contribution in [2.24, 2.45) is 0 Å². The van der Waals surface area contributed by atoms with Crippen molar-refractivity contribution in [1.82, 2.24) is 9.55 Å². The number of allylic oxidation sites excluding steroid dienone is 1. The van der Waals surface area contributed by atoms with Gasteiger partial charge in [0.1, 0.15) is 0 Å². The van der Waals surface area contributed by atoms with Crippen molar-refractivity contribution >= 4 is 5.82 Å². The van der Waals surface area contributed by atoms with Gasteiger partial charge in [-0.3, -0.25) is 4.79 Å². The van der Waals surface area contributed by atoms with Gasteiger partial charge >= 0.3 is 0 Å². The predicted molar refractivity (Wildman–Crippen MR) is 64.7 cm³/mol. The molecule has 1 aromatic heterocycles. The Morgan fingerprint density at radius 2 is 2.44 bits per heavy atom. The number of hydrogen-bond donors (Lipinski definition) is 1. The second-order valence-corrected chi connectivity index (χ2v) is 4.00. The minimum atomic E-state index is 0.00507. The second kappa shape index (κ2) is 4.96. The van der Waals surface area contributed by atoms with Crippen molar-refractivity contribution in [2.75, 3.05) is 11.9 Å². The van der Waals surface area contributed by atoms with Gasteiger partial charge in [-0.05, 0) is 26.2 Å². The molecule has 0 saturated heterocycles. The molecule has 0 atom stereocenters. The summed E-state index contributed by atoms with van der Waals surface area (Å²) in [4.78, 5) is 16.0. The SMILES string of the molecule is C/C=C/CCNc1nccn(C2CC2)c1=O. The van der Waals surface area contributed by atoms with Crippen LogP contribution in [0.4, 0.5) is 5.82 Å². The summed E-state index contributed by atoms with van der Waals surface area (Å²) in [5, 5.41) is 3.08. The van der Waals surface area contributed by atoms with Gasteiger partial charge in [-0.15, -0.1) is 0 Å². The summed E-state index contributed by atoms with van der Waals surface area (Å²) in [5.74, 6) is 0.471. The summed E-state index contributed by atoms with van der Waals surface area (Å²) in [7, 11) is 0. The van der Waals surface area contributed by atoms with Crippen molar-refractivity contribution < 1.29 is 0 Å². The summed E-state index contributed by atoms with van der Waals surface area (Å²) < 4.78 is 1.78. The van der Waals surface area contributed by atoms with Crippen LogP contribution in [0.15, 0.2) is 29.3 Å². The van der Waals surface area contributed by atoms with Crippen LogP contribution in [0, 0.1) is 0 Å². The molecule has 0 radical (unpaired) electrons. The number of nitrogens with zero attached hydrogens (tertiary/aromatic N) is 2. The van der Waals surface area contributed by atoms with Crippen LogP contribution >= 0.6 is 0 Å². The second-order valence-electron chi connectivity index (χ2n) is 4.00. The van der Waals surface area contributed by atoms with Crippen LogP contribution in [0.5, 0.6) is 0 Å². The van der Waals surface area contributed by atoms with E-state index in [4.69, 9.17) is 0 Å². The zero-order valence-electron chi connectivity index (χ0n) is 9.52. The average molecular weight is 219 g/mol. The van der Waals surface area contributed by atoms with Gasteiger partial charge in [0.05, 0.1) is 0 Å². The topological polar surface area (TPSA) is 46.9 Å². The van der Waals surface area contributed by atoms with E-state index in [-0.39, 0.29) is 5.56 Å². The van der Waals surface area contributed by atoms with Crippen molar-refractivity contribution in [1.29, 1.82) is 0 Å². The number of rotatable bonds is 5. The Bertz CT molecular complexity index is 432. The number of anilines is 1. The first kappa shape index (κ1) is 10.9. The van der Waals surface area contributed by atoms with Gasteiger partial charge in [0.15, 0.2) is 5.82 Å². The van der Waals surface area contributed by atoms with Crippen molar-refractivity contribution in [3.05, 3.63) is 34.9 Å². The Morgan fingerprint density at radius 1 is 1.62 bits per heavy atom. The van der Waals surface area contributed by atoms with Crippen molar-refractivity contribution in [3.8, 4) is 0 Å². The largest absolute Gasteiger partial charge is 0.365 e. The number of nitrogens with one attached hydrogen (secondary N) is 1. The van der Waals surface area contributed by atoms with Crippen LogP contribution < -0.4 is 10.9 Å². The van der Waals surface area contributed by atoms with E-state index in [1.54, 1.807) is 17.0 Å².